The summed E-state index contributed by atoms with van der Waals surface area (Å²) in [4.78, 5) is 15.1. The highest BCUT2D eigenvalue weighted by Gasteiger charge is 2.39. The molecule has 6 aliphatic heterocycles. The van der Waals surface area contributed by atoms with Crippen LogP contribution in [-0.4, -0.2) is 117 Å². The molecule has 21 rings (SSSR count). The molecule has 5 aliphatic carbocycles. The number of nitrogens with one attached hydrogen (secondary N) is 2. The summed E-state index contributed by atoms with van der Waals surface area (Å²) < 4.78 is 24.4. The molecular weight excluding hydrogens is 1310 g/mol. The van der Waals surface area contributed by atoms with E-state index >= 15 is 0 Å². The van der Waals surface area contributed by atoms with Crippen LogP contribution in [0.4, 0.5) is 0 Å². The number of hydrogen-bond acceptors (Lipinski definition) is 8. The molecular formula is C92H113N9O3S. The number of aromatic nitrogens is 4. The quantitative estimate of drug-likeness (QED) is 0.0817. The van der Waals surface area contributed by atoms with Crippen LogP contribution in [-0.2, 0) is 67.8 Å². The number of hydrogen-bond donors (Lipinski definition) is 2. The number of piperidine rings is 1. The van der Waals surface area contributed by atoms with E-state index in [1.54, 1.807) is 64.5 Å². The van der Waals surface area contributed by atoms with Crippen LogP contribution in [0.15, 0.2) is 140 Å². The number of rotatable bonds is 14. The first-order valence-electron chi connectivity index (χ1n) is 40.8. The Morgan fingerprint density at radius 2 is 1.15 bits per heavy atom. The summed E-state index contributed by atoms with van der Waals surface area (Å²) >= 11 is 6.00. The molecule has 10 aromatic rings. The number of aryl methyl sites for hydroxylation is 5. The van der Waals surface area contributed by atoms with E-state index < -0.39 is 0 Å². The molecule has 2 bridgehead atoms. The Bertz CT molecular complexity index is 4770. The number of fused-ring (bicyclic) bond motifs is 14. The third-order valence-corrected chi connectivity index (χ3v) is 26.3. The first-order valence-corrected chi connectivity index (χ1v) is 41.2. The third-order valence-electron chi connectivity index (χ3n) is 25.9. The summed E-state index contributed by atoms with van der Waals surface area (Å²) in [6.45, 7) is 18.2. The van der Waals surface area contributed by atoms with Crippen LogP contribution in [0, 0.1) is 18.8 Å². The van der Waals surface area contributed by atoms with Gasteiger partial charge in [-0.25, -0.2) is 0 Å². The van der Waals surface area contributed by atoms with Gasteiger partial charge in [-0.3, -0.25) is 9.80 Å². The molecule has 10 heterocycles. The van der Waals surface area contributed by atoms with Gasteiger partial charge in [0.05, 0.1) is 29.7 Å². The van der Waals surface area contributed by atoms with Crippen molar-refractivity contribution in [2.24, 2.45) is 11.8 Å². The van der Waals surface area contributed by atoms with Crippen LogP contribution >= 0.6 is 12.2 Å². The van der Waals surface area contributed by atoms with E-state index in [4.69, 9.17) is 26.4 Å². The van der Waals surface area contributed by atoms with E-state index in [-0.39, 0.29) is 6.29 Å². The number of thiocarbonyl (C=S) groups is 1. The lowest BCUT2D eigenvalue weighted by molar-refractivity contribution is -0.100. The molecule has 0 amide bonds. The summed E-state index contributed by atoms with van der Waals surface area (Å²) in [5.74, 6) is 3.13. The van der Waals surface area contributed by atoms with Crippen molar-refractivity contribution < 1.29 is 14.2 Å². The number of benzene rings is 6. The molecule has 11 aliphatic rings. The van der Waals surface area contributed by atoms with Gasteiger partial charge in [0, 0.05) is 165 Å². The molecule has 0 radical (unpaired) electrons. The number of ether oxygens (including phenoxy) is 3. The summed E-state index contributed by atoms with van der Waals surface area (Å²) in [6, 6.07) is 51.9. The lowest BCUT2D eigenvalue weighted by Crippen LogP contribution is -2.43. The van der Waals surface area contributed by atoms with Gasteiger partial charge in [-0.05, 0) is 239 Å². The first kappa shape index (κ1) is 70.5. The minimum absolute atomic E-state index is 0.193. The number of likely N-dealkylation sites (N-methyl/N-ethyl adjacent to an activating group) is 1. The van der Waals surface area contributed by atoms with Crippen LogP contribution in [0.2, 0.25) is 0 Å². The van der Waals surface area contributed by atoms with Crippen LogP contribution in [0.3, 0.4) is 0 Å². The van der Waals surface area contributed by atoms with Gasteiger partial charge in [0.25, 0.3) is 0 Å². The second-order valence-corrected chi connectivity index (χ2v) is 33.4. The van der Waals surface area contributed by atoms with Crippen molar-refractivity contribution in [3.63, 3.8) is 0 Å². The van der Waals surface area contributed by atoms with E-state index in [0.717, 1.165) is 94.3 Å². The topological polar surface area (TPSA) is 83.3 Å². The molecule has 4 aromatic heterocycles. The molecule has 4 atom stereocenters. The van der Waals surface area contributed by atoms with E-state index in [0.29, 0.717) is 36.6 Å². The van der Waals surface area contributed by atoms with E-state index in [9.17, 15) is 0 Å². The van der Waals surface area contributed by atoms with Gasteiger partial charge < -0.3 is 48.0 Å². The fourth-order valence-corrected chi connectivity index (χ4v) is 21.1. The summed E-state index contributed by atoms with van der Waals surface area (Å²) in [6.07, 6.45) is 27.7. The van der Waals surface area contributed by atoms with Crippen LogP contribution in [0.1, 0.15) is 213 Å². The van der Waals surface area contributed by atoms with Crippen LogP contribution in [0.5, 0.6) is 5.75 Å². The maximum Gasteiger partial charge on any atom is 0.169 e. The fraction of sp³-hybridized carbons (Fsp3) is 0.489. The van der Waals surface area contributed by atoms with Gasteiger partial charge in [-0.2, -0.15) is 0 Å². The van der Waals surface area contributed by atoms with E-state index in [1.807, 2.05) is 0 Å². The van der Waals surface area contributed by atoms with Gasteiger partial charge in [0.2, 0.25) is 0 Å². The number of methoxy groups -OCH3 is 2. The molecule has 2 N–H and O–H groups in total. The number of aromatic amines is 1. The van der Waals surface area contributed by atoms with Crippen molar-refractivity contribution in [2.45, 2.75) is 212 Å². The summed E-state index contributed by atoms with van der Waals surface area (Å²) in [5.41, 5.74) is 26.8. The highest BCUT2D eigenvalue weighted by atomic mass is 32.1. The Labute approximate surface area is 629 Å². The minimum atomic E-state index is -0.193. The predicted octanol–water partition coefficient (Wildman–Crippen LogP) is 19.6. The Hall–Kier alpha value is -7.49. The van der Waals surface area contributed by atoms with Gasteiger partial charge in [-0.1, -0.05) is 130 Å². The molecule has 4 unspecified atom stereocenters. The second kappa shape index (κ2) is 31.0. The highest BCUT2D eigenvalue weighted by molar-refractivity contribution is 7.80. The highest BCUT2D eigenvalue weighted by Crippen LogP contribution is 2.49. The predicted molar refractivity (Wildman–Crippen MR) is 435 cm³/mol. The molecule has 1 saturated carbocycles. The normalized spacial score (nSPS) is 21.3. The SMILES string of the molecule is C1=C(c2ccc3c(c2)c2c4n3CCN(Cc3ccccc3)C4CCC2)C2CCN1CC2.CC(C)COc1ccc2c(c1)c1c3n2CCN(C)C3CCC1.COC(CNC1CCCc2c1[nH]c1ccc(C)cc21)OC.S=C(Cc1ccccc1)N1CCn2c3c(c4cc(C5CCCCC5)ccc42)CCCC31. The number of allylic oxidation sites excluding steroid dienone is 1. The van der Waals surface area contributed by atoms with E-state index in [1.165, 1.54) is 194 Å². The summed E-state index contributed by atoms with van der Waals surface area (Å²) in [5, 5.41) is 9.46. The second-order valence-electron chi connectivity index (χ2n) is 32.9. The van der Waals surface area contributed by atoms with Gasteiger partial charge in [-0.15, -0.1) is 0 Å². The Kier molecular flexibility index (Phi) is 20.8. The maximum atomic E-state index is 6.00. The zero-order valence-electron chi connectivity index (χ0n) is 63.6. The van der Waals surface area contributed by atoms with Crippen LogP contribution < -0.4 is 10.1 Å². The lowest BCUT2D eigenvalue weighted by Gasteiger charge is -2.41. The largest absolute Gasteiger partial charge is 0.493 e. The van der Waals surface area contributed by atoms with Crippen molar-refractivity contribution in [2.75, 3.05) is 67.1 Å². The third kappa shape index (κ3) is 14.1. The van der Waals surface area contributed by atoms with Crippen molar-refractivity contribution in [1.82, 2.24) is 43.6 Å². The molecule has 6 aromatic carbocycles. The summed E-state index contributed by atoms with van der Waals surface area (Å²) in [7, 11) is 5.62. The van der Waals surface area contributed by atoms with Gasteiger partial charge in [0.15, 0.2) is 6.29 Å². The standard InChI is InChI=1S/C28H31N3.C28H32N2S.C19H26N2O.C17H24N2O2/c1-2-5-20(6-3-1)18-30-15-16-31-26-10-9-22(25-19-29-13-11-21(25)12-14-29)17-24(26)23-7-4-8-27(30)28(23)31;31-27(18-20-8-3-1-4-9-20)29-16-17-30-25-15-14-22(21-10-5-2-6-11-21)19-24(25)23-12-7-13-26(29)28(23)30;1-13(2)12-22-14-7-8-17-16(11-14)15-5-4-6-18-19(15)21(17)10-9-20(18)3;1-11-7-8-14-13(9-11)12-5-4-6-15(17(12)19-14)18-10-16(20-2)21-3/h1-3,5-6,9-10,17,19,21,27H,4,7-8,11-16,18H2;1,3-4,8-9,14-15,19,21,26H,2,5-7,10-13,16-18H2;7-8,11,13,18H,4-6,9-10,12H2,1-3H3;7-9,15-16,18-19H,4-6,10H2,1-3H3. The first-order chi connectivity index (χ1) is 51.5. The average molecular weight is 1430 g/mol. The zero-order chi connectivity index (χ0) is 71.2. The molecule has 13 heteroatoms. The number of nitrogens with zero attached hydrogens (tertiary/aromatic N) is 7. The monoisotopic (exact) mass is 1420 g/mol. The molecule has 105 heavy (non-hydrogen) atoms. The van der Waals surface area contributed by atoms with Crippen molar-refractivity contribution >= 4 is 66.4 Å². The Morgan fingerprint density at radius 3 is 1.85 bits per heavy atom. The van der Waals surface area contributed by atoms with Crippen molar-refractivity contribution in [3.8, 4) is 5.75 Å². The zero-order valence-corrected chi connectivity index (χ0v) is 64.4. The molecule has 550 valence electrons. The van der Waals surface area contributed by atoms with E-state index in [2.05, 4.69) is 211 Å². The molecule has 0 spiro atoms. The maximum absolute atomic E-state index is 6.00. The lowest BCUT2D eigenvalue weighted by atomic mass is 9.81. The molecule has 1 saturated heterocycles. The Balaban J connectivity index is 0.000000105. The minimum Gasteiger partial charge on any atom is -0.493 e. The molecule has 2 fully saturated rings. The fourth-order valence-electron chi connectivity index (χ4n) is 20.7. The number of H-pyrrole nitrogens is 1. The van der Waals surface area contributed by atoms with Gasteiger partial charge in [0.1, 0.15) is 5.75 Å². The van der Waals surface area contributed by atoms with Gasteiger partial charge >= 0.3 is 0 Å². The van der Waals surface area contributed by atoms with Crippen LogP contribution in [0.25, 0.3) is 49.2 Å². The molecule has 12 nitrogen and oxygen atoms in total. The Morgan fingerprint density at radius 1 is 0.543 bits per heavy atom. The van der Waals surface area contributed by atoms with Crippen molar-refractivity contribution in [1.29, 1.82) is 0 Å². The van der Waals surface area contributed by atoms with Crippen molar-refractivity contribution in [3.05, 3.63) is 213 Å². The average Bonchev–Trinajstić information content (AvgIpc) is 1.59. The smallest absolute Gasteiger partial charge is 0.169 e.